The average Bonchev–Trinajstić information content (AvgIpc) is 2.51. The molecule has 0 atom stereocenters. The van der Waals surface area contributed by atoms with Crippen molar-refractivity contribution in [3.05, 3.63) is 46.7 Å². The van der Waals surface area contributed by atoms with Gasteiger partial charge in [-0.15, -0.1) is 0 Å². The number of aromatic nitrogens is 2. The van der Waals surface area contributed by atoms with Crippen LogP contribution in [0.4, 0.5) is 11.6 Å². The number of benzene rings is 1. The van der Waals surface area contributed by atoms with E-state index < -0.39 is 0 Å². The highest BCUT2D eigenvalue weighted by atomic mass is 35.5. The van der Waals surface area contributed by atoms with Crippen molar-refractivity contribution >= 4 is 29.1 Å². The predicted molar refractivity (Wildman–Crippen MR) is 92.4 cm³/mol. The Bertz CT molecular complexity index is 673. The van der Waals surface area contributed by atoms with Gasteiger partial charge in [-0.05, 0) is 38.7 Å². The van der Waals surface area contributed by atoms with Gasteiger partial charge >= 0.3 is 0 Å². The van der Waals surface area contributed by atoms with Gasteiger partial charge in [-0.25, -0.2) is 9.97 Å². The van der Waals surface area contributed by atoms with Gasteiger partial charge in [-0.3, -0.25) is 4.79 Å². The van der Waals surface area contributed by atoms with E-state index in [-0.39, 0.29) is 5.91 Å². The molecule has 2 aromatic rings. The summed E-state index contributed by atoms with van der Waals surface area (Å²) in [4.78, 5) is 22.2. The van der Waals surface area contributed by atoms with E-state index in [2.05, 4.69) is 20.6 Å². The molecule has 0 saturated heterocycles. The van der Waals surface area contributed by atoms with Gasteiger partial charge in [0.2, 0.25) is 5.95 Å². The Balaban J connectivity index is 1.96. The summed E-state index contributed by atoms with van der Waals surface area (Å²) in [5.74, 6) is 0.228. The summed E-state index contributed by atoms with van der Waals surface area (Å²) < 4.78 is 0. The van der Waals surface area contributed by atoms with Crippen molar-refractivity contribution in [2.45, 2.75) is 6.92 Å². The first-order valence-electron chi connectivity index (χ1n) is 7.24. The largest absolute Gasteiger partial charge is 0.351 e. The van der Waals surface area contributed by atoms with E-state index in [4.69, 9.17) is 11.6 Å². The first-order chi connectivity index (χ1) is 11.0. The van der Waals surface area contributed by atoms with Gasteiger partial charge in [0, 0.05) is 36.2 Å². The van der Waals surface area contributed by atoms with E-state index >= 15 is 0 Å². The van der Waals surface area contributed by atoms with Gasteiger partial charge in [0.25, 0.3) is 5.91 Å². The molecule has 0 saturated carbocycles. The zero-order valence-electron chi connectivity index (χ0n) is 13.4. The van der Waals surface area contributed by atoms with Crippen LogP contribution < -0.4 is 10.6 Å². The van der Waals surface area contributed by atoms with E-state index in [1.165, 1.54) is 12.4 Å². The average molecular weight is 334 g/mol. The van der Waals surface area contributed by atoms with Crippen LogP contribution in [0.3, 0.4) is 0 Å². The number of aryl methyl sites for hydroxylation is 1. The molecule has 1 heterocycles. The van der Waals surface area contributed by atoms with Crippen LogP contribution in [0.1, 0.15) is 15.9 Å². The monoisotopic (exact) mass is 333 g/mol. The van der Waals surface area contributed by atoms with Gasteiger partial charge in [0.15, 0.2) is 0 Å². The molecular weight excluding hydrogens is 314 g/mol. The van der Waals surface area contributed by atoms with E-state index in [1.807, 2.05) is 44.1 Å². The van der Waals surface area contributed by atoms with Crippen LogP contribution in [-0.4, -0.2) is 48.0 Å². The molecule has 1 aromatic carbocycles. The fourth-order valence-electron chi connectivity index (χ4n) is 1.80. The molecule has 0 aliphatic heterocycles. The number of nitrogens with zero attached hydrogens (tertiary/aromatic N) is 3. The van der Waals surface area contributed by atoms with Gasteiger partial charge in [-0.1, -0.05) is 17.7 Å². The maximum absolute atomic E-state index is 11.9. The third kappa shape index (κ3) is 5.19. The molecule has 2 N–H and O–H groups in total. The van der Waals surface area contributed by atoms with Crippen molar-refractivity contribution in [1.29, 1.82) is 0 Å². The van der Waals surface area contributed by atoms with Gasteiger partial charge in [-0.2, -0.15) is 0 Å². The third-order valence-corrected chi connectivity index (χ3v) is 3.59. The summed E-state index contributed by atoms with van der Waals surface area (Å²) in [6, 6.07) is 5.62. The predicted octanol–water partition coefficient (Wildman–Crippen LogP) is 2.47. The summed E-state index contributed by atoms with van der Waals surface area (Å²) in [5.41, 5.74) is 2.22. The molecule has 0 aliphatic carbocycles. The summed E-state index contributed by atoms with van der Waals surface area (Å²) >= 11 is 6.08. The lowest BCUT2D eigenvalue weighted by Crippen LogP contribution is -2.31. The molecule has 0 fully saturated rings. The van der Waals surface area contributed by atoms with Crippen molar-refractivity contribution in [3.63, 3.8) is 0 Å². The number of hydrogen-bond donors (Lipinski definition) is 2. The standard InChI is InChI=1S/C16H20ClN5O/c1-11-4-5-13(8-14(11)17)21-16-19-9-12(10-20-16)15(23)18-6-7-22(2)3/h4-5,8-10H,6-7H2,1-3H3,(H,18,23)(H,19,20,21). The van der Waals surface area contributed by atoms with Crippen molar-refractivity contribution in [1.82, 2.24) is 20.2 Å². The molecule has 6 nitrogen and oxygen atoms in total. The number of carbonyl (C=O) groups is 1. The summed E-state index contributed by atoms with van der Waals surface area (Å²) in [7, 11) is 3.90. The number of hydrogen-bond acceptors (Lipinski definition) is 5. The molecular formula is C16H20ClN5O. The van der Waals surface area contributed by atoms with Gasteiger partial charge in [0.05, 0.1) is 5.56 Å². The van der Waals surface area contributed by atoms with E-state index in [0.29, 0.717) is 23.1 Å². The minimum Gasteiger partial charge on any atom is -0.351 e. The minimum absolute atomic E-state index is 0.184. The Morgan fingerprint density at radius 2 is 1.96 bits per heavy atom. The number of halogens is 1. The maximum Gasteiger partial charge on any atom is 0.254 e. The first kappa shape index (κ1) is 17.2. The highest BCUT2D eigenvalue weighted by Crippen LogP contribution is 2.21. The molecule has 0 bridgehead atoms. The first-order valence-corrected chi connectivity index (χ1v) is 7.61. The third-order valence-electron chi connectivity index (χ3n) is 3.19. The second-order valence-corrected chi connectivity index (χ2v) is 5.85. The van der Waals surface area contributed by atoms with Crippen LogP contribution in [0.25, 0.3) is 0 Å². The van der Waals surface area contributed by atoms with Crippen molar-refractivity contribution in [2.24, 2.45) is 0 Å². The normalized spacial score (nSPS) is 10.7. The lowest BCUT2D eigenvalue weighted by molar-refractivity contribution is 0.0950. The Morgan fingerprint density at radius 3 is 2.57 bits per heavy atom. The number of amides is 1. The van der Waals surface area contributed by atoms with Crippen molar-refractivity contribution in [3.8, 4) is 0 Å². The number of anilines is 2. The summed E-state index contributed by atoms with van der Waals surface area (Å²) in [6.45, 7) is 3.29. The molecule has 0 unspecified atom stereocenters. The van der Waals surface area contributed by atoms with Crippen LogP contribution in [0.5, 0.6) is 0 Å². The second-order valence-electron chi connectivity index (χ2n) is 5.44. The maximum atomic E-state index is 11.9. The van der Waals surface area contributed by atoms with Gasteiger partial charge in [0.1, 0.15) is 0 Å². The van der Waals surface area contributed by atoms with Gasteiger partial charge < -0.3 is 15.5 Å². The Morgan fingerprint density at radius 1 is 1.26 bits per heavy atom. The number of carbonyl (C=O) groups excluding carboxylic acids is 1. The molecule has 23 heavy (non-hydrogen) atoms. The number of likely N-dealkylation sites (N-methyl/N-ethyl adjacent to an activating group) is 1. The molecule has 0 aliphatic rings. The SMILES string of the molecule is Cc1ccc(Nc2ncc(C(=O)NCCN(C)C)cn2)cc1Cl. The summed E-state index contributed by atoms with van der Waals surface area (Å²) in [6.07, 6.45) is 2.99. The molecule has 1 aromatic heterocycles. The Kier molecular flexibility index (Phi) is 5.90. The van der Waals surface area contributed by atoms with Crippen molar-refractivity contribution < 1.29 is 4.79 Å². The number of rotatable bonds is 6. The quantitative estimate of drug-likeness (QED) is 0.850. The van der Waals surface area contributed by atoms with Crippen LogP contribution in [0.15, 0.2) is 30.6 Å². The smallest absolute Gasteiger partial charge is 0.254 e. The van der Waals surface area contributed by atoms with Crippen LogP contribution >= 0.6 is 11.6 Å². The Labute approximate surface area is 140 Å². The summed E-state index contributed by atoms with van der Waals surface area (Å²) in [5, 5.41) is 6.54. The lowest BCUT2D eigenvalue weighted by atomic mass is 10.2. The molecule has 2 rings (SSSR count). The fraction of sp³-hybridized carbons (Fsp3) is 0.312. The van der Waals surface area contributed by atoms with E-state index in [9.17, 15) is 4.79 Å². The Hall–Kier alpha value is -2.18. The van der Waals surface area contributed by atoms with Crippen LogP contribution in [-0.2, 0) is 0 Å². The minimum atomic E-state index is -0.184. The van der Waals surface area contributed by atoms with E-state index in [0.717, 1.165) is 17.8 Å². The second kappa shape index (κ2) is 7.89. The zero-order chi connectivity index (χ0) is 16.8. The van der Waals surface area contributed by atoms with Crippen LogP contribution in [0.2, 0.25) is 5.02 Å². The van der Waals surface area contributed by atoms with Crippen LogP contribution in [0, 0.1) is 6.92 Å². The highest BCUT2D eigenvalue weighted by Gasteiger charge is 2.07. The molecule has 0 radical (unpaired) electrons. The molecule has 7 heteroatoms. The molecule has 1 amide bonds. The highest BCUT2D eigenvalue weighted by molar-refractivity contribution is 6.31. The lowest BCUT2D eigenvalue weighted by Gasteiger charge is -2.10. The topological polar surface area (TPSA) is 70.2 Å². The molecule has 122 valence electrons. The van der Waals surface area contributed by atoms with Crippen molar-refractivity contribution in [2.75, 3.05) is 32.5 Å². The molecule has 0 spiro atoms. The number of nitrogens with one attached hydrogen (secondary N) is 2. The zero-order valence-corrected chi connectivity index (χ0v) is 14.2. The fourth-order valence-corrected chi connectivity index (χ4v) is 1.99. The van der Waals surface area contributed by atoms with E-state index in [1.54, 1.807) is 0 Å².